The van der Waals surface area contributed by atoms with Gasteiger partial charge in [0, 0.05) is 18.2 Å². The van der Waals surface area contributed by atoms with E-state index in [4.69, 9.17) is 9.47 Å². The van der Waals surface area contributed by atoms with Crippen LogP contribution < -0.4 is 9.47 Å². The Hall–Kier alpha value is -3.36. The summed E-state index contributed by atoms with van der Waals surface area (Å²) in [5.41, 5.74) is 3.90. The molecule has 0 aliphatic carbocycles. The molecule has 7 nitrogen and oxygen atoms in total. The summed E-state index contributed by atoms with van der Waals surface area (Å²) in [6, 6.07) is 19.2. The minimum Gasteiger partial charge on any atom is -0.497 e. The number of piperidine rings is 1. The van der Waals surface area contributed by atoms with Crippen LogP contribution in [0.2, 0.25) is 0 Å². The highest BCUT2D eigenvalue weighted by molar-refractivity contribution is 7.89. The van der Waals surface area contributed by atoms with E-state index in [-0.39, 0.29) is 16.8 Å². The molecule has 37 heavy (non-hydrogen) atoms. The lowest BCUT2D eigenvalue weighted by Crippen LogP contribution is -2.67. The van der Waals surface area contributed by atoms with E-state index < -0.39 is 22.1 Å². The Kier molecular flexibility index (Phi) is 5.96. The predicted molar refractivity (Wildman–Crippen MR) is 140 cm³/mol. The fourth-order valence-electron chi connectivity index (χ4n) is 6.31. The number of methoxy groups -OCH3 is 2. The van der Waals surface area contributed by atoms with Crippen molar-refractivity contribution in [2.24, 2.45) is 0 Å². The molecule has 1 amide bonds. The lowest BCUT2D eigenvalue weighted by molar-refractivity contribution is -0.150. The maximum Gasteiger partial charge on any atom is 0.244 e. The molecule has 2 fully saturated rings. The molecule has 0 N–H and O–H groups in total. The largest absolute Gasteiger partial charge is 0.497 e. The minimum atomic E-state index is -3.92. The maximum absolute atomic E-state index is 14.1. The van der Waals surface area contributed by atoms with Gasteiger partial charge < -0.3 is 14.4 Å². The van der Waals surface area contributed by atoms with E-state index in [0.29, 0.717) is 37.3 Å². The topological polar surface area (TPSA) is 76.2 Å². The summed E-state index contributed by atoms with van der Waals surface area (Å²) in [5.74, 6) is 1.20. The number of ether oxygens (including phenoxy) is 2. The van der Waals surface area contributed by atoms with Crippen molar-refractivity contribution < 1.29 is 22.7 Å². The average molecular weight is 519 g/mol. The number of hydrogen-bond acceptors (Lipinski definition) is 5. The monoisotopic (exact) mass is 518 g/mol. The Bertz CT molecular complexity index is 1420. The summed E-state index contributed by atoms with van der Waals surface area (Å²) in [7, 11) is -0.701. The SMILES string of the molecule is COc1cc2c(c(OC)c1)C1C3CCCC(C(=O)N1CC2)N3S(=O)(=O)c1ccc(-c2ccccc2)cc1. The minimum absolute atomic E-state index is 0.117. The first-order valence-corrected chi connectivity index (χ1v) is 14.1. The van der Waals surface area contributed by atoms with Gasteiger partial charge in [0.2, 0.25) is 15.9 Å². The number of carbonyl (C=O) groups is 1. The van der Waals surface area contributed by atoms with Gasteiger partial charge in [-0.3, -0.25) is 4.79 Å². The molecule has 3 aliphatic heterocycles. The molecule has 2 saturated heterocycles. The fourth-order valence-corrected chi connectivity index (χ4v) is 8.14. The molecule has 2 bridgehead atoms. The van der Waals surface area contributed by atoms with Crippen molar-refractivity contribution in [3.8, 4) is 22.6 Å². The van der Waals surface area contributed by atoms with Gasteiger partial charge in [-0.15, -0.1) is 0 Å². The number of carbonyl (C=O) groups excluding carboxylic acids is 1. The lowest BCUT2D eigenvalue weighted by atomic mass is 9.79. The second-order valence-corrected chi connectivity index (χ2v) is 11.7. The number of benzene rings is 3. The van der Waals surface area contributed by atoms with Crippen LogP contribution in [0.25, 0.3) is 11.1 Å². The van der Waals surface area contributed by atoms with Crippen LogP contribution in [0.15, 0.2) is 71.6 Å². The zero-order chi connectivity index (χ0) is 25.7. The number of nitrogens with zero attached hydrogens (tertiary/aromatic N) is 2. The molecular weight excluding hydrogens is 488 g/mol. The van der Waals surface area contributed by atoms with Gasteiger partial charge in [-0.25, -0.2) is 8.42 Å². The van der Waals surface area contributed by atoms with Crippen LogP contribution >= 0.6 is 0 Å². The average Bonchev–Trinajstić information content (AvgIpc) is 2.95. The Labute approximate surface area is 217 Å². The molecule has 3 aliphatic rings. The van der Waals surface area contributed by atoms with E-state index in [9.17, 15) is 13.2 Å². The molecule has 3 aromatic rings. The third kappa shape index (κ3) is 3.81. The molecule has 192 valence electrons. The van der Waals surface area contributed by atoms with E-state index in [1.165, 1.54) is 4.31 Å². The van der Waals surface area contributed by atoms with Gasteiger partial charge in [-0.2, -0.15) is 4.31 Å². The van der Waals surface area contributed by atoms with Crippen LogP contribution in [-0.4, -0.2) is 56.4 Å². The van der Waals surface area contributed by atoms with E-state index in [2.05, 4.69) is 0 Å². The standard InChI is InChI=1S/C29H30N2O5S/c1-35-22-17-21-15-16-30-28(27(21)26(18-22)36-2)24-9-6-10-25(29(30)32)31(24)37(33,34)23-13-11-20(12-14-23)19-7-4-3-5-8-19/h3-5,7-8,11-14,17-18,24-25,28H,6,9-10,15-16H2,1-2H3. The van der Waals surface area contributed by atoms with E-state index >= 15 is 0 Å². The highest BCUT2D eigenvalue weighted by atomic mass is 32.2. The van der Waals surface area contributed by atoms with Crippen molar-refractivity contribution in [2.45, 2.75) is 48.7 Å². The fraction of sp³-hybridized carbons (Fsp3) is 0.345. The molecule has 3 heterocycles. The van der Waals surface area contributed by atoms with Crippen molar-refractivity contribution in [2.75, 3.05) is 20.8 Å². The number of amides is 1. The smallest absolute Gasteiger partial charge is 0.244 e. The Balaban J connectivity index is 1.43. The predicted octanol–water partition coefficient (Wildman–Crippen LogP) is 4.42. The lowest BCUT2D eigenvalue weighted by Gasteiger charge is -2.54. The van der Waals surface area contributed by atoms with Gasteiger partial charge in [0.1, 0.15) is 17.5 Å². The Morgan fingerprint density at radius 3 is 2.32 bits per heavy atom. The van der Waals surface area contributed by atoms with Gasteiger partial charge in [0.05, 0.1) is 31.2 Å². The number of hydrogen-bond donors (Lipinski definition) is 0. The van der Waals surface area contributed by atoms with Crippen LogP contribution in [0, 0.1) is 0 Å². The van der Waals surface area contributed by atoms with Crippen LogP contribution in [0.1, 0.15) is 36.4 Å². The molecular formula is C29H30N2O5S. The number of rotatable bonds is 5. The van der Waals surface area contributed by atoms with Crippen LogP contribution in [0.3, 0.4) is 0 Å². The zero-order valence-corrected chi connectivity index (χ0v) is 21.8. The summed E-state index contributed by atoms with van der Waals surface area (Å²) in [6.07, 6.45) is 2.70. The van der Waals surface area contributed by atoms with Gasteiger partial charge in [0.15, 0.2) is 0 Å². The van der Waals surface area contributed by atoms with Crippen LogP contribution in [-0.2, 0) is 21.2 Å². The molecule has 0 radical (unpaired) electrons. The Morgan fingerprint density at radius 1 is 0.892 bits per heavy atom. The molecule has 0 aromatic heterocycles. The highest BCUT2D eigenvalue weighted by Gasteiger charge is 2.55. The van der Waals surface area contributed by atoms with Crippen molar-refractivity contribution in [1.82, 2.24) is 9.21 Å². The summed E-state index contributed by atoms with van der Waals surface area (Å²) in [5, 5.41) is 0. The van der Waals surface area contributed by atoms with E-state index in [0.717, 1.165) is 28.7 Å². The van der Waals surface area contributed by atoms with Gasteiger partial charge in [0.25, 0.3) is 0 Å². The molecule has 0 saturated carbocycles. The zero-order valence-electron chi connectivity index (χ0n) is 21.0. The van der Waals surface area contributed by atoms with Crippen molar-refractivity contribution in [3.63, 3.8) is 0 Å². The number of piperazine rings is 1. The first-order chi connectivity index (χ1) is 17.9. The second kappa shape index (κ2) is 9.19. The summed E-state index contributed by atoms with van der Waals surface area (Å²) >= 11 is 0. The first-order valence-electron chi connectivity index (χ1n) is 12.7. The quantitative estimate of drug-likeness (QED) is 0.500. The molecule has 3 atom stereocenters. The van der Waals surface area contributed by atoms with Crippen molar-refractivity contribution >= 4 is 15.9 Å². The molecule has 8 heteroatoms. The summed E-state index contributed by atoms with van der Waals surface area (Å²) in [4.78, 5) is 15.9. The van der Waals surface area contributed by atoms with Crippen LogP contribution in [0.4, 0.5) is 0 Å². The highest BCUT2D eigenvalue weighted by Crippen LogP contribution is 2.49. The van der Waals surface area contributed by atoms with Crippen LogP contribution in [0.5, 0.6) is 11.5 Å². The van der Waals surface area contributed by atoms with Gasteiger partial charge >= 0.3 is 0 Å². The van der Waals surface area contributed by atoms with Crippen molar-refractivity contribution in [1.29, 1.82) is 0 Å². The van der Waals surface area contributed by atoms with Gasteiger partial charge in [-0.05, 0) is 60.6 Å². The second-order valence-electron chi connectivity index (χ2n) is 9.87. The van der Waals surface area contributed by atoms with Gasteiger partial charge in [-0.1, -0.05) is 42.5 Å². The normalized spacial score (nSPS) is 23.2. The molecule has 3 aromatic carbocycles. The third-order valence-corrected chi connectivity index (χ3v) is 9.94. The third-order valence-electron chi connectivity index (χ3n) is 7.99. The van der Waals surface area contributed by atoms with E-state index in [1.807, 2.05) is 59.5 Å². The molecule has 6 rings (SSSR count). The first kappa shape index (κ1) is 24.0. The molecule has 0 spiro atoms. The molecule has 3 unspecified atom stereocenters. The Morgan fingerprint density at radius 2 is 1.62 bits per heavy atom. The number of sulfonamides is 1. The summed E-state index contributed by atoms with van der Waals surface area (Å²) in [6.45, 7) is 0.555. The number of fused-ring (bicyclic) bond motifs is 6. The van der Waals surface area contributed by atoms with Crippen molar-refractivity contribution in [3.05, 3.63) is 77.9 Å². The maximum atomic E-state index is 14.1. The summed E-state index contributed by atoms with van der Waals surface area (Å²) < 4.78 is 41.0. The van der Waals surface area contributed by atoms with E-state index in [1.54, 1.807) is 26.4 Å².